The van der Waals surface area contributed by atoms with E-state index in [1.54, 1.807) is 12.4 Å². The fourth-order valence-electron chi connectivity index (χ4n) is 7.91. The van der Waals surface area contributed by atoms with Gasteiger partial charge in [-0.25, -0.2) is 4.98 Å². The Morgan fingerprint density at radius 3 is 1.60 bits per heavy atom. The number of pyridine rings is 3. The van der Waals surface area contributed by atoms with E-state index >= 15 is 0 Å². The Morgan fingerprint density at radius 1 is 0.552 bits per heavy atom. The summed E-state index contributed by atoms with van der Waals surface area (Å²) in [5, 5.41) is 5.23. The molecule has 3 nitrogen and oxygen atoms in total. The van der Waals surface area contributed by atoms with Crippen LogP contribution in [0.5, 0.6) is 0 Å². The van der Waals surface area contributed by atoms with Gasteiger partial charge in [-0.15, -0.1) is 22.7 Å². The highest BCUT2D eigenvalue weighted by atomic mass is 32.1. The highest BCUT2D eigenvalue weighted by molar-refractivity contribution is 7.26. The van der Waals surface area contributed by atoms with E-state index in [9.17, 15) is 0 Å². The summed E-state index contributed by atoms with van der Waals surface area (Å²) < 4.78 is 5.26. The van der Waals surface area contributed by atoms with Crippen molar-refractivity contribution < 1.29 is 0 Å². The zero-order valence-corrected chi connectivity index (χ0v) is 33.5. The fourth-order valence-corrected chi connectivity index (χ4v) is 10.4. The lowest BCUT2D eigenvalue weighted by molar-refractivity contribution is 1.24. The number of nitrogens with zero attached hydrogens (tertiary/aromatic N) is 3. The largest absolute Gasteiger partial charge is 0.264 e. The minimum absolute atomic E-state index is 0.843. The summed E-state index contributed by atoms with van der Waals surface area (Å²) in [7, 11) is 0. The molecule has 58 heavy (non-hydrogen) atoms. The van der Waals surface area contributed by atoms with Crippen molar-refractivity contribution >= 4 is 74.2 Å². The number of hydrogen-bond donors (Lipinski definition) is 0. The van der Waals surface area contributed by atoms with E-state index in [0.29, 0.717) is 0 Å². The van der Waals surface area contributed by atoms with Crippen molar-refractivity contribution in [2.45, 2.75) is 13.3 Å². The van der Waals surface area contributed by atoms with Gasteiger partial charge in [-0.3, -0.25) is 9.97 Å². The number of fused-ring (bicyclic) bond motifs is 6. The van der Waals surface area contributed by atoms with Gasteiger partial charge in [0.1, 0.15) is 0 Å². The molecule has 5 aromatic heterocycles. The summed E-state index contributed by atoms with van der Waals surface area (Å²) in [6.07, 6.45) is 14.6. The molecule has 0 saturated heterocycles. The lowest BCUT2D eigenvalue weighted by Crippen LogP contribution is -1.93. The Morgan fingerprint density at radius 2 is 1.09 bits per heavy atom. The van der Waals surface area contributed by atoms with Crippen molar-refractivity contribution in [2.75, 3.05) is 0 Å². The first-order valence-corrected chi connectivity index (χ1v) is 21.1. The molecule has 10 rings (SSSR count). The average molecular weight is 780 g/mol. The summed E-state index contributed by atoms with van der Waals surface area (Å²) in [6.45, 7) is 6.76. The van der Waals surface area contributed by atoms with Crippen molar-refractivity contribution in [1.29, 1.82) is 0 Å². The van der Waals surface area contributed by atoms with Crippen molar-refractivity contribution in [3.05, 3.63) is 200 Å². The van der Waals surface area contributed by atoms with Crippen LogP contribution < -0.4 is 0 Å². The predicted molar refractivity (Wildman–Crippen MR) is 250 cm³/mol. The van der Waals surface area contributed by atoms with Crippen LogP contribution in [0.15, 0.2) is 189 Å². The quantitative estimate of drug-likeness (QED) is 0.137. The van der Waals surface area contributed by atoms with Gasteiger partial charge < -0.3 is 0 Å². The molecule has 10 aromatic rings. The Kier molecular flexibility index (Phi) is 9.38. The molecule has 276 valence electrons. The highest BCUT2D eigenvalue weighted by Crippen LogP contribution is 2.44. The molecule has 0 saturated carbocycles. The molecule has 0 unspecified atom stereocenters. The van der Waals surface area contributed by atoms with Crippen LogP contribution in [0.3, 0.4) is 0 Å². The van der Waals surface area contributed by atoms with Gasteiger partial charge in [-0.1, -0.05) is 105 Å². The second kappa shape index (κ2) is 15.3. The third kappa shape index (κ3) is 6.64. The first-order chi connectivity index (χ1) is 28.6. The number of aromatic nitrogens is 3. The van der Waals surface area contributed by atoms with E-state index in [0.717, 1.165) is 40.1 Å². The smallest absolute Gasteiger partial charge is 0.0731 e. The molecule has 5 heteroatoms. The molecule has 0 aliphatic heterocycles. The fraction of sp³-hybridized carbons (Fsp3) is 0.0377. The lowest BCUT2D eigenvalue weighted by atomic mass is 9.91. The molecule has 0 aliphatic carbocycles. The summed E-state index contributed by atoms with van der Waals surface area (Å²) in [5.41, 5.74) is 12.9. The van der Waals surface area contributed by atoms with Gasteiger partial charge in [-0.2, -0.15) is 0 Å². The first kappa shape index (κ1) is 35.6. The van der Waals surface area contributed by atoms with Gasteiger partial charge in [0.2, 0.25) is 0 Å². The van der Waals surface area contributed by atoms with Crippen molar-refractivity contribution in [3.8, 4) is 44.8 Å². The molecule has 0 aliphatic rings. The first-order valence-electron chi connectivity index (χ1n) is 19.5. The predicted octanol–water partition coefficient (Wildman–Crippen LogP) is 15.3. The molecular formula is C53H37N3S2. The average Bonchev–Trinajstić information content (AvgIpc) is 3.87. The van der Waals surface area contributed by atoms with E-state index in [1.807, 2.05) is 59.3 Å². The number of hydrogen-bond acceptors (Lipinski definition) is 5. The zero-order chi connectivity index (χ0) is 39.0. The van der Waals surface area contributed by atoms with E-state index in [-0.39, 0.29) is 0 Å². The SMILES string of the molecule is C=C(/C=C\C=C(/CC)c1cc(-c2cccc3c2sc2ccccc23)cc(-c2cccc3c2sc2ccccc23)c1)c1cc(-c2cccnc2)nc(-c2cccnc2)c1. The van der Waals surface area contributed by atoms with E-state index in [1.165, 1.54) is 73.7 Å². The topological polar surface area (TPSA) is 38.7 Å². The third-order valence-corrected chi connectivity index (χ3v) is 13.3. The summed E-state index contributed by atoms with van der Waals surface area (Å²) in [6, 6.07) is 50.3. The van der Waals surface area contributed by atoms with Crippen LogP contribution in [0.1, 0.15) is 24.5 Å². The van der Waals surface area contributed by atoms with Crippen molar-refractivity contribution in [2.24, 2.45) is 0 Å². The van der Waals surface area contributed by atoms with Crippen molar-refractivity contribution in [3.63, 3.8) is 0 Å². The lowest BCUT2D eigenvalue weighted by Gasteiger charge is -2.14. The standard InChI is InChI=1S/C53H37N3S2/c1-3-35(14-8-13-34(2)38-30-48(36-15-11-25-54-32-36)56-49(31-38)37-16-12-26-55-33-37)39-27-40(42-19-9-21-46-44-17-4-6-23-50(44)57-52(42)46)29-41(28-39)43-20-10-22-47-45-18-5-7-24-51(45)58-53(43)47/h4-33H,2-3H2,1H3/b13-8-,35-14+. The monoisotopic (exact) mass is 779 g/mol. The van der Waals surface area contributed by atoms with Gasteiger partial charge in [0.15, 0.2) is 0 Å². The Hall–Kier alpha value is -6.79. The maximum Gasteiger partial charge on any atom is 0.0731 e. The third-order valence-electron chi connectivity index (χ3n) is 10.8. The van der Waals surface area contributed by atoms with E-state index < -0.39 is 0 Å². The van der Waals surface area contributed by atoms with Gasteiger partial charge >= 0.3 is 0 Å². The minimum atomic E-state index is 0.843. The van der Waals surface area contributed by atoms with Crippen LogP contribution in [0, 0.1) is 0 Å². The molecule has 5 aromatic carbocycles. The van der Waals surface area contributed by atoms with E-state index in [2.05, 4.69) is 157 Å². The van der Waals surface area contributed by atoms with E-state index in [4.69, 9.17) is 4.98 Å². The Labute approximate surface area is 345 Å². The second-order valence-corrected chi connectivity index (χ2v) is 16.5. The van der Waals surface area contributed by atoms with Crippen LogP contribution in [0.2, 0.25) is 0 Å². The molecular weight excluding hydrogens is 743 g/mol. The molecule has 0 atom stereocenters. The normalized spacial score (nSPS) is 12.1. The molecule has 0 amide bonds. The Bertz CT molecular complexity index is 3040. The van der Waals surface area contributed by atoms with Crippen LogP contribution in [-0.2, 0) is 0 Å². The number of benzene rings is 5. The molecule has 5 heterocycles. The van der Waals surface area contributed by atoms with Gasteiger partial charge in [-0.05, 0) is 118 Å². The molecule has 0 fully saturated rings. The summed E-state index contributed by atoms with van der Waals surface area (Å²) in [4.78, 5) is 13.7. The van der Waals surface area contributed by atoms with Crippen LogP contribution in [0.4, 0.5) is 0 Å². The molecule has 0 spiro atoms. The zero-order valence-electron chi connectivity index (χ0n) is 31.9. The molecule has 0 radical (unpaired) electrons. The maximum atomic E-state index is 4.99. The Balaban J connectivity index is 1.09. The van der Waals surface area contributed by atoms with Gasteiger partial charge in [0.05, 0.1) is 11.4 Å². The summed E-state index contributed by atoms with van der Waals surface area (Å²) >= 11 is 3.76. The summed E-state index contributed by atoms with van der Waals surface area (Å²) in [5.74, 6) is 0. The highest BCUT2D eigenvalue weighted by Gasteiger charge is 2.16. The van der Waals surface area contributed by atoms with Crippen LogP contribution >= 0.6 is 22.7 Å². The number of rotatable bonds is 9. The van der Waals surface area contributed by atoms with Crippen molar-refractivity contribution in [1.82, 2.24) is 15.0 Å². The van der Waals surface area contributed by atoms with Gasteiger partial charge in [0, 0.05) is 76.3 Å². The van der Waals surface area contributed by atoms with Gasteiger partial charge in [0.25, 0.3) is 0 Å². The minimum Gasteiger partial charge on any atom is -0.264 e. The maximum absolute atomic E-state index is 4.99. The van der Waals surface area contributed by atoms with Crippen LogP contribution in [-0.4, -0.2) is 15.0 Å². The van der Waals surface area contributed by atoms with Crippen LogP contribution in [0.25, 0.3) is 96.3 Å². The number of allylic oxidation sites excluding steroid dienone is 5. The number of thiophene rings is 2. The molecule has 0 bridgehead atoms. The molecule has 0 N–H and O–H groups in total. The second-order valence-electron chi connectivity index (χ2n) is 14.4.